The molecule has 100 valence electrons. The fourth-order valence-corrected chi connectivity index (χ4v) is 2.02. The van der Waals surface area contributed by atoms with Crippen molar-refractivity contribution in [3.05, 3.63) is 22.8 Å². The highest BCUT2D eigenvalue weighted by molar-refractivity contribution is 5.66. The van der Waals surface area contributed by atoms with Crippen molar-refractivity contribution in [1.82, 2.24) is 0 Å². The number of hydrogen-bond acceptors (Lipinski definition) is 3. The first-order chi connectivity index (χ1) is 8.51. The van der Waals surface area contributed by atoms with Crippen LogP contribution in [0.4, 0.5) is 0 Å². The van der Waals surface area contributed by atoms with Crippen LogP contribution >= 0.6 is 0 Å². The fraction of sp³-hybridized carbons (Fsp3) is 0.500. The Kier molecular flexibility index (Phi) is 5.01. The smallest absolute Gasteiger partial charge is 0.303 e. The van der Waals surface area contributed by atoms with Crippen LogP contribution in [-0.4, -0.2) is 25.3 Å². The highest BCUT2D eigenvalue weighted by Crippen LogP contribution is 2.35. The molecule has 18 heavy (non-hydrogen) atoms. The molecule has 0 unspecified atom stereocenters. The van der Waals surface area contributed by atoms with Crippen LogP contribution < -0.4 is 9.47 Å². The van der Waals surface area contributed by atoms with E-state index in [1.54, 1.807) is 14.2 Å². The molecule has 0 fully saturated rings. The Bertz CT molecular complexity index is 438. The predicted molar refractivity (Wildman–Crippen MR) is 69.6 cm³/mol. The molecule has 0 aliphatic rings. The maximum atomic E-state index is 10.5. The Balaban J connectivity index is 2.98. The highest BCUT2D eigenvalue weighted by Gasteiger charge is 2.13. The van der Waals surface area contributed by atoms with Gasteiger partial charge in [-0.1, -0.05) is 0 Å². The van der Waals surface area contributed by atoms with Crippen molar-refractivity contribution >= 4 is 5.97 Å². The number of hydrogen-bond donors (Lipinski definition) is 1. The van der Waals surface area contributed by atoms with E-state index in [9.17, 15) is 4.79 Å². The largest absolute Gasteiger partial charge is 0.493 e. The van der Waals surface area contributed by atoms with Crippen LogP contribution in [0.5, 0.6) is 11.5 Å². The van der Waals surface area contributed by atoms with Crippen LogP contribution in [0.1, 0.15) is 29.5 Å². The molecule has 0 aliphatic heterocycles. The summed E-state index contributed by atoms with van der Waals surface area (Å²) >= 11 is 0. The zero-order valence-corrected chi connectivity index (χ0v) is 11.4. The van der Waals surface area contributed by atoms with Crippen LogP contribution in [0.2, 0.25) is 0 Å². The molecule has 0 aromatic heterocycles. The second kappa shape index (κ2) is 6.28. The molecule has 1 aromatic rings. The summed E-state index contributed by atoms with van der Waals surface area (Å²) in [6.45, 7) is 4.00. The first-order valence-corrected chi connectivity index (χ1v) is 5.94. The van der Waals surface area contributed by atoms with E-state index < -0.39 is 5.97 Å². The topological polar surface area (TPSA) is 55.8 Å². The first-order valence-electron chi connectivity index (χ1n) is 5.94. The molecule has 1 N–H and O–H groups in total. The van der Waals surface area contributed by atoms with E-state index in [1.165, 1.54) is 0 Å². The number of benzene rings is 1. The maximum absolute atomic E-state index is 10.5. The highest BCUT2D eigenvalue weighted by atomic mass is 16.5. The lowest BCUT2D eigenvalue weighted by Crippen LogP contribution is -2.01. The van der Waals surface area contributed by atoms with E-state index >= 15 is 0 Å². The molecular formula is C14H20O4. The fourth-order valence-electron chi connectivity index (χ4n) is 2.02. The predicted octanol–water partition coefficient (Wildman–Crippen LogP) is 2.73. The minimum absolute atomic E-state index is 0.187. The molecule has 0 amide bonds. The zero-order chi connectivity index (χ0) is 13.7. The molecule has 0 aliphatic carbocycles. The van der Waals surface area contributed by atoms with Crippen molar-refractivity contribution in [3.63, 3.8) is 0 Å². The number of methoxy groups -OCH3 is 2. The summed E-state index contributed by atoms with van der Waals surface area (Å²) in [5.41, 5.74) is 3.30. The molecular weight excluding hydrogens is 232 g/mol. The molecule has 0 atom stereocenters. The van der Waals surface area contributed by atoms with Crippen molar-refractivity contribution < 1.29 is 19.4 Å². The summed E-state index contributed by atoms with van der Waals surface area (Å²) in [6.07, 6.45) is 1.55. The molecule has 0 spiro atoms. The number of rotatable bonds is 6. The van der Waals surface area contributed by atoms with Gasteiger partial charge >= 0.3 is 5.97 Å². The zero-order valence-electron chi connectivity index (χ0n) is 11.4. The van der Waals surface area contributed by atoms with Gasteiger partial charge in [-0.25, -0.2) is 0 Å². The standard InChI is InChI=1S/C14H20O4/c1-9-10(2)14(18-4)12(17-3)8-11(9)6-5-7-13(15)16/h8H,5-7H2,1-4H3,(H,15,16). The average Bonchev–Trinajstić information content (AvgIpc) is 2.33. The summed E-state index contributed by atoms with van der Waals surface area (Å²) in [6, 6.07) is 1.93. The first kappa shape index (κ1) is 14.4. The third kappa shape index (κ3) is 3.15. The van der Waals surface area contributed by atoms with Gasteiger partial charge in [0.05, 0.1) is 14.2 Å². The van der Waals surface area contributed by atoms with E-state index in [4.69, 9.17) is 14.6 Å². The normalized spacial score (nSPS) is 10.2. The third-order valence-corrected chi connectivity index (χ3v) is 3.17. The van der Waals surface area contributed by atoms with Gasteiger partial charge in [-0.15, -0.1) is 0 Å². The quantitative estimate of drug-likeness (QED) is 0.845. The van der Waals surface area contributed by atoms with Crippen LogP contribution in [0.3, 0.4) is 0 Å². The summed E-state index contributed by atoms with van der Waals surface area (Å²) in [5, 5.41) is 8.65. The lowest BCUT2D eigenvalue weighted by Gasteiger charge is -2.16. The van der Waals surface area contributed by atoms with Gasteiger partial charge in [-0.2, -0.15) is 0 Å². The Morgan fingerprint density at radius 1 is 1.22 bits per heavy atom. The van der Waals surface area contributed by atoms with Crippen molar-refractivity contribution in [1.29, 1.82) is 0 Å². The maximum Gasteiger partial charge on any atom is 0.303 e. The van der Waals surface area contributed by atoms with E-state index in [0.717, 1.165) is 28.9 Å². The molecule has 0 saturated carbocycles. The molecule has 0 radical (unpaired) electrons. The minimum Gasteiger partial charge on any atom is -0.493 e. The van der Waals surface area contributed by atoms with Gasteiger partial charge in [-0.3, -0.25) is 4.79 Å². The monoisotopic (exact) mass is 252 g/mol. The van der Waals surface area contributed by atoms with Crippen LogP contribution in [0, 0.1) is 13.8 Å². The molecule has 0 saturated heterocycles. The van der Waals surface area contributed by atoms with Crippen LogP contribution in [0.15, 0.2) is 6.07 Å². The van der Waals surface area contributed by atoms with Gasteiger partial charge in [0, 0.05) is 6.42 Å². The number of aliphatic carboxylic acids is 1. The van der Waals surface area contributed by atoms with Gasteiger partial charge in [0.25, 0.3) is 0 Å². The van der Waals surface area contributed by atoms with Gasteiger partial charge in [0.2, 0.25) is 0 Å². The molecule has 1 rings (SSSR count). The molecule has 4 heteroatoms. The Morgan fingerprint density at radius 3 is 2.39 bits per heavy atom. The summed E-state index contributed by atoms with van der Waals surface area (Å²) < 4.78 is 10.6. The van der Waals surface area contributed by atoms with Crippen molar-refractivity contribution in [2.45, 2.75) is 33.1 Å². The van der Waals surface area contributed by atoms with Gasteiger partial charge in [0.15, 0.2) is 11.5 Å². The van der Waals surface area contributed by atoms with Crippen molar-refractivity contribution in [2.75, 3.05) is 14.2 Å². The number of ether oxygens (including phenoxy) is 2. The Morgan fingerprint density at radius 2 is 1.89 bits per heavy atom. The van der Waals surface area contributed by atoms with Gasteiger partial charge in [0.1, 0.15) is 0 Å². The van der Waals surface area contributed by atoms with Crippen LogP contribution in [-0.2, 0) is 11.2 Å². The number of carboxylic acids is 1. The molecule has 4 nitrogen and oxygen atoms in total. The number of carboxylic acid groups (broad SMARTS) is 1. The summed E-state index contributed by atoms with van der Waals surface area (Å²) in [7, 11) is 3.22. The van der Waals surface area contributed by atoms with Crippen molar-refractivity contribution in [3.8, 4) is 11.5 Å². The summed E-state index contributed by atoms with van der Waals surface area (Å²) in [4.78, 5) is 10.5. The second-order valence-corrected chi connectivity index (χ2v) is 4.27. The van der Waals surface area contributed by atoms with Gasteiger partial charge in [-0.05, 0) is 49.4 Å². The second-order valence-electron chi connectivity index (χ2n) is 4.27. The average molecular weight is 252 g/mol. The van der Waals surface area contributed by atoms with E-state index in [0.29, 0.717) is 12.2 Å². The van der Waals surface area contributed by atoms with Gasteiger partial charge < -0.3 is 14.6 Å². The molecule has 0 bridgehead atoms. The number of aryl methyl sites for hydroxylation is 1. The SMILES string of the molecule is COc1cc(CCCC(=O)O)c(C)c(C)c1OC. The van der Waals surface area contributed by atoms with E-state index in [2.05, 4.69) is 0 Å². The third-order valence-electron chi connectivity index (χ3n) is 3.17. The van der Waals surface area contributed by atoms with E-state index in [-0.39, 0.29) is 6.42 Å². The molecule has 1 aromatic carbocycles. The number of carbonyl (C=O) groups is 1. The van der Waals surface area contributed by atoms with E-state index in [1.807, 2.05) is 19.9 Å². The lowest BCUT2D eigenvalue weighted by atomic mass is 9.97. The van der Waals surface area contributed by atoms with Crippen molar-refractivity contribution in [2.24, 2.45) is 0 Å². The Hall–Kier alpha value is -1.71. The lowest BCUT2D eigenvalue weighted by molar-refractivity contribution is -0.137. The Labute approximate surface area is 108 Å². The van der Waals surface area contributed by atoms with Crippen LogP contribution in [0.25, 0.3) is 0 Å². The summed E-state index contributed by atoms with van der Waals surface area (Å²) in [5.74, 6) is 0.688. The minimum atomic E-state index is -0.759. The molecule has 0 heterocycles.